The molecule has 0 aliphatic heterocycles. The molecule has 0 atom stereocenters. The number of hydrogen-bond acceptors (Lipinski definition) is 2. The summed E-state index contributed by atoms with van der Waals surface area (Å²) in [7, 11) is 0. The molecule has 4 heteroatoms. The number of carbonyl (C=O) groups excluding carboxylic acids is 1. The van der Waals surface area contributed by atoms with Crippen LogP contribution in [-0.4, -0.2) is 5.91 Å². The highest BCUT2D eigenvalue weighted by molar-refractivity contribution is 6.05. The minimum atomic E-state index is -0.566. The Hall–Kier alpha value is -2.67. The lowest BCUT2D eigenvalue weighted by Gasteiger charge is -2.08. The first-order chi connectivity index (χ1) is 9.13. The van der Waals surface area contributed by atoms with Crippen molar-refractivity contribution in [2.75, 3.05) is 5.32 Å². The second kappa shape index (κ2) is 5.32. The lowest BCUT2D eigenvalue weighted by atomic mass is 10.1. The standard InChI is InChI=1S/C15H11FN2O/c1-10-5-4-7-12(14(10)16)15(19)18-13-8-3-2-6-11(13)9-17/h2-8H,1H3,(H,18,19). The Morgan fingerprint density at radius 1 is 1.21 bits per heavy atom. The van der Waals surface area contributed by atoms with Gasteiger partial charge in [0, 0.05) is 0 Å². The Morgan fingerprint density at radius 2 is 1.95 bits per heavy atom. The average molecular weight is 254 g/mol. The Kier molecular flexibility index (Phi) is 3.58. The number of halogens is 1. The van der Waals surface area contributed by atoms with Crippen molar-refractivity contribution in [1.29, 1.82) is 5.26 Å². The van der Waals surface area contributed by atoms with Crippen LogP contribution in [0.15, 0.2) is 42.5 Å². The average Bonchev–Trinajstić information content (AvgIpc) is 2.42. The number of aryl methyl sites for hydroxylation is 1. The highest BCUT2D eigenvalue weighted by Gasteiger charge is 2.14. The lowest BCUT2D eigenvalue weighted by Crippen LogP contribution is -2.15. The van der Waals surface area contributed by atoms with E-state index in [-0.39, 0.29) is 5.56 Å². The number of hydrogen-bond donors (Lipinski definition) is 1. The summed E-state index contributed by atoms with van der Waals surface area (Å²) >= 11 is 0. The van der Waals surface area contributed by atoms with Gasteiger partial charge < -0.3 is 5.32 Å². The quantitative estimate of drug-likeness (QED) is 0.894. The van der Waals surface area contributed by atoms with E-state index in [2.05, 4.69) is 5.32 Å². The minimum Gasteiger partial charge on any atom is -0.321 e. The largest absolute Gasteiger partial charge is 0.321 e. The van der Waals surface area contributed by atoms with Crippen molar-refractivity contribution in [3.63, 3.8) is 0 Å². The molecule has 0 saturated heterocycles. The maximum absolute atomic E-state index is 13.8. The molecule has 0 bridgehead atoms. The number of nitrogens with one attached hydrogen (secondary N) is 1. The molecule has 3 nitrogen and oxygen atoms in total. The van der Waals surface area contributed by atoms with E-state index >= 15 is 0 Å². The molecule has 2 aromatic rings. The SMILES string of the molecule is Cc1cccc(C(=O)Nc2ccccc2C#N)c1F. The van der Waals surface area contributed by atoms with E-state index in [0.29, 0.717) is 16.8 Å². The summed E-state index contributed by atoms with van der Waals surface area (Å²) in [6.45, 7) is 1.59. The lowest BCUT2D eigenvalue weighted by molar-refractivity contribution is 0.102. The van der Waals surface area contributed by atoms with Gasteiger partial charge >= 0.3 is 0 Å². The van der Waals surface area contributed by atoms with Crippen LogP contribution in [0.2, 0.25) is 0 Å². The van der Waals surface area contributed by atoms with Crippen LogP contribution in [0.1, 0.15) is 21.5 Å². The predicted molar refractivity (Wildman–Crippen MR) is 70.2 cm³/mol. The monoisotopic (exact) mass is 254 g/mol. The van der Waals surface area contributed by atoms with Gasteiger partial charge in [0.1, 0.15) is 11.9 Å². The van der Waals surface area contributed by atoms with Crippen molar-refractivity contribution in [3.05, 3.63) is 65.0 Å². The highest BCUT2D eigenvalue weighted by atomic mass is 19.1. The van der Waals surface area contributed by atoms with Crippen molar-refractivity contribution < 1.29 is 9.18 Å². The van der Waals surface area contributed by atoms with Gasteiger partial charge in [-0.3, -0.25) is 4.79 Å². The topological polar surface area (TPSA) is 52.9 Å². The van der Waals surface area contributed by atoms with Gasteiger partial charge in [0.2, 0.25) is 0 Å². The number of rotatable bonds is 2. The molecular formula is C15H11FN2O. The molecule has 0 fully saturated rings. The van der Waals surface area contributed by atoms with Gasteiger partial charge in [0.15, 0.2) is 0 Å². The fourth-order valence-electron chi connectivity index (χ4n) is 1.70. The molecular weight excluding hydrogens is 243 g/mol. The zero-order chi connectivity index (χ0) is 13.8. The molecule has 0 aliphatic carbocycles. The number of carbonyl (C=O) groups is 1. The first-order valence-electron chi connectivity index (χ1n) is 5.69. The molecule has 0 aliphatic rings. The van der Waals surface area contributed by atoms with Gasteiger partial charge in [-0.2, -0.15) is 5.26 Å². The second-order valence-electron chi connectivity index (χ2n) is 4.05. The number of nitriles is 1. The van der Waals surface area contributed by atoms with Gasteiger partial charge in [-0.1, -0.05) is 24.3 Å². The summed E-state index contributed by atoms with van der Waals surface area (Å²) in [6.07, 6.45) is 0. The fourth-order valence-corrected chi connectivity index (χ4v) is 1.70. The minimum absolute atomic E-state index is 0.0345. The molecule has 0 unspecified atom stereocenters. The molecule has 1 N–H and O–H groups in total. The zero-order valence-electron chi connectivity index (χ0n) is 10.3. The molecule has 2 aromatic carbocycles. The number of amides is 1. The molecule has 0 heterocycles. The van der Waals surface area contributed by atoms with Gasteiger partial charge in [0.05, 0.1) is 16.8 Å². The summed E-state index contributed by atoms with van der Waals surface area (Å²) in [4.78, 5) is 12.0. The van der Waals surface area contributed by atoms with Crippen LogP contribution in [0, 0.1) is 24.1 Å². The van der Waals surface area contributed by atoms with Gasteiger partial charge in [-0.05, 0) is 30.7 Å². The maximum atomic E-state index is 13.8. The second-order valence-corrected chi connectivity index (χ2v) is 4.05. The van der Waals surface area contributed by atoms with E-state index in [9.17, 15) is 9.18 Å². The van der Waals surface area contributed by atoms with E-state index < -0.39 is 11.7 Å². The number of anilines is 1. The van der Waals surface area contributed by atoms with Gasteiger partial charge in [-0.15, -0.1) is 0 Å². The summed E-state index contributed by atoms with van der Waals surface area (Å²) in [5.74, 6) is -1.11. The molecule has 1 amide bonds. The zero-order valence-corrected chi connectivity index (χ0v) is 10.3. The third-order valence-corrected chi connectivity index (χ3v) is 2.73. The summed E-state index contributed by atoms with van der Waals surface area (Å²) < 4.78 is 13.8. The van der Waals surface area contributed by atoms with Crippen LogP contribution < -0.4 is 5.32 Å². The third kappa shape index (κ3) is 2.61. The van der Waals surface area contributed by atoms with Crippen molar-refractivity contribution in [2.24, 2.45) is 0 Å². The van der Waals surface area contributed by atoms with Crippen LogP contribution in [0.5, 0.6) is 0 Å². The molecule has 94 valence electrons. The Morgan fingerprint density at radius 3 is 2.68 bits per heavy atom. The van der Waals surface area contributed by atoms with E-state index in [4.69, 9.17) is 5.26 Å². The molecule has 0 spiro atoms. The molecule has 2 rings (SSSR count). The smallest absolute Gasteiger partial charge is 0.258 e. The Bertz CT molecular complexity index is 674. The highest BCUT2D eigenvalue weighted by Crippen LogP contribution is 2.17. The van der Waals surface area contributed by atoms with Crippen molar-refractivity contribution in [2.45, 2.75) is 6.92 Å². The van der Waals surface area contributed by atoms with Crippen LogP contribution >= 0.6 is 0 Å². The summed E-state index contributed by atoms with van der Waals surface area (Å²) in [5.41, 5.74) is 1.08. The first kappa shape index (κ1) is 12.8. The number of para-hydroxylation sites is 1. The predicted octanol–water partition coefficient (Wildman–Crippen LogP) is 3.26. The number of benzene rings is 2. The Balaban J connectivity index is 2.32. The molecule has 0 saturated carbocycles. The number of nitrogens with zero attached hydrogens (tertiary/aromatic N) is 1. The molecule has 0 aromatic heterocycles. The van der Waals surface area contributed by atoms with E-state index in [1.165, 1.54) is 6.07 Å². The van der Waals surface area contributed by atoms with E-state index in [1.54, 1.807) is 43.3 Å². The summed E-state index contributed by atoms with van der Waals surface area (Å²) in [5, 5.41) is 11.5. The van der Waals surface area contributed by atoms with Gasteiger partial charge in [0.25, 0.3) is 5.91 Å². The fraction of sp³-hybridized carbons (Fsp3) is 0.0667. The van der Waals surface area contributed by atoms with E-state index in [1.807, 2.05) is 6.07 Å². The summed E-state index contributed by atoms with van der Waals surface area (Å²) in [6, 6.07) is 13.2. The van der Waals surface area contributed by atoms with Crippen molar-refractivity contribution >= 4 is 11.6 Å². The van der Waals surface area contributed by atoms with Gasteiger partial charge in [-0.25, -0.2) is 4.39 Å². The normalized spacial score (nSPS) is 9.74. The van der Waals surface area contributed by atoms with Crippen LogP contribution in [0.25, 0.3) is 0 Å². The van der Waals surface area contributed by atoms with Crippen molar-refractivity contribution in [3.8, 4) is 6.07 Å². The van der Waals surface area contributed by atoms with Crippen LogP contribution in [-0.2, 0) is 0 Å². The molecule has 19 heavy (non-hydrogen) atoms. The van der Waals surface area contributed by atoms with Crippen LogP contribution in [0.4, 0.5) is 10.1 Å². The Labute approximate surface area is 110 Å². The molecule has 0 radical (unpaired) electrons. The van der Waals surface area contributed by atoms with E-state index in [0.717, 1.165) is 0 Å². The third-order valence-electron chi connectivity index (χ3n) is 2.73. The maximum Gasteiger partial charge on any atom is 0.258 e. The van der Waals surface area contributed by atoms with Crippen molar-refractivity contribution in [1.82, 2.24) is 0 Å². The first-order valence-corrected chi connectivity index (χ1v) is 5.69. The van der Waals surface area contributed by atoms with Crippen LogP contribution in [0.3, 0.4) is 0 Å².